The normalized spacial score (nSPS) is 11.3. The molecule has 4 aromatic carbocycles. The Hall–Kier alpha value is -5.36. The Bertz CT molecular complexity index is 2110. The number of fused-ring (bicyclic) bond motifs is 10. The fourth-order valence-electron chi connectivity index (χ4n) is 6.67. The van der Waals surface area contributed by atoms with Crippen LogP contribution in [0, 0.1) is 0 Å². The minimum atomic E-state index is -0.166. The van der Waals surface area contributed by atoms with Crippen molar-refractivity contribution in [3.63, 3.8) is 0 Å². The Morgan fingerprint density at radius 3 is 1.02 bits per heavy atom. The summed E-state index contributed by atoms with van der Waals surface area (Å²) in [5, 5.41) is 2.30. The molecule has 0 spiro atoms. The SMILES string of the molecule is CC.CC.CC.CC.O=C1c2ccccc2-c2c1c1ccccc1c(=O)n2CCCn1c2c(c3ccccc3c1=O)C(=O)c1ccccc1-2. The molecule has 6 heteroatoms. The van der Waals surface area contributed by atoms with Gasteiger partial charge >= 0.3 is 0 Å². The van der Waals surface area contributed by atoms with E-state index in [9.17, 15) is 19.2 Å². The van der Waals surface area contributed by atoms with Gasteiger partial charge in [-0.05, 0) is 18.6 Å². The van der Waals surface area contributed by atoms with Crippen molar-refractivity contribution in [2.24, 2.45) is 0 Å². The maximum absolute atomic E-state index is 13.8. The lowest BCUT2D eigenvalue weighted by atomic mass is 10.0. The molecule has 2 aliphatic carbocycles. The first-order valence-corrected chi connectivity index (χ1v) is 17.7. The van der Waals surface area contributed by atoms with Gasteiger partial charge in [0.1, 0.15) is 0 Å². The number of ketones is 2. The highest BCUT2D eigenvalue weighted by atomic mass is 16.1. The monoisotopic (exact) mass is 654 g/mol. The average molecular weight is 655 g/mol. The molecule has 8 rings (SSSR count). The van der Waals surface area contributed by atoms with Crippen LogP contribution < -0.4 is 11.1 Å². The summed E-state index contributed by atoms with van der Waals surface area (Å²) in [5.41, 5.74) is 4.70. The third-order valence-electron chi connectivity index (χ3n) is 8.43. The van der Waals surface area contributed by atoms with E-state index in [1.807, 2.05) is 116 Å². The highest BCUT2D eigenvalue weighted by Crippen LogP contribution is 2.40. The summed E-state index contributed by atoms with van der Waals surface area (Å²) in [6.07, 6.45) is 0.447. The number of carbonyl (C=O) groups excluding carboxylic acids is 2. The molecular formula is C43H46N2O4. The van der Waals surface area contributed by atoms with Gasteiger partial charge < -0.3 is 9.13 Å². The molecular weight excluding hydrogens is 608 g/mol. The molecule has 0 radical (unpaired) electrons. The number of benzene rings is 4. The molecule has 0 unspecified atom stereocenters. The van der Waals surface area contributed by atoms with Crippen LogP contribution in [0.3, 0.4) is 0 Å². The summed E-state index contributed by atoms with van der Waals surface area (Å²) >= 11 is 0. The van der Waals surface area contributed by atoms with Crippen LogP contribution in [0.2, 0.25) is 0 Å². The van der Waals surface area contributed by atoms with Gasteiger partial charge in [-0.15, -0.1) is 0 Å². The molecule has 0 fully saturated rings. The van der Waals surface area contributed by atoms with Crippen molar-refractivity contribution in [3.05, 3.63) is 140 Å². The van der Waals surface area contributed by atoms with Crippen LogP contribution >= 0.6 is 0 Å². The molecule has 0 saturated carbocycles. The predicted molar refractivity (Wildman–Crippen MR) is 204 cm³/mol. The number of hydrogen-bond donors (Lipinski definition) is 0. The van der Waals surface area contributed by atoms with E-state index in [0.717, 1.165) is 11.1 Å². The summed E-state index contributed by atoms with van der Waals surface area (Å²) in [4.78, 5) is 54.7. The van der Waals surface area contributed by atoms with Crippen LogP contribution in [0.25, 0.3) is 44.1 Å². The van der Waals surface area contributed by atoms with E-state index >= 15 is 0 Å². The number of rotatable bonds is 4. The van der Waals surface area contributed by atoms with Gasteiger partial charge in [0.05, 0.1) is 22.5 Å². The Balaban J connectivity index is 0.000000633. The van der Waals surface area contributed by atoms with Crippen LogP contribution in [0.5, 0.6) is 0 Å². The van der Waals surface area contributed by atoms with E-state index in [-0.39, 0.29) is 22.7 Å². The predicted octanol–water partition coefficient (Wildman–Crippen LogP) is 9.93. The summed E-state index contributed by atoms with van der Waals surface area (Å²) in [7, 11) is 0. The van der Waals surface area contributed by atoms with Crippen molar-refractivity contribution >= 4 is 33.1 Å². The second kappa shape index (κ2) is 16.2. The van der Waals surface area contributed by atoms with Crippen LogP contribution in [-0.2, 0) is 13.1 Å². The lowest BCUT2D eigenvalue weighted by Gasteiger charge is -2.17. The molecule has 2 aliphatic rings. The van der Waals surface area contributed by atoms with E-state index in [1.165, 1.54) is 0 Å². The first kappa shape index (κ1) is 36.5. The fraction of sp³-hybridized carbons (Fsp3) is 0.256. The van der Waals surface area contributed by atoms with E-state index in [4.69, 9.17) is 0 Å². The topological polar surface area (TPSA) is 78.1 Å². The third-order valence-corrected chi connectivity index (χ3v) is 8.43. The lowest BCUT2D eigenvalue weighted by molar-refractivity contribution is 0.103. The van der Waals surface area contributed by atoms with Crippen LogP contribution in [0.4, 0.5) is 0 Å². The third kappa shape index (κ3) is 5.97. The molecule has 6 aromatic rings. The van der Waals surface area contributed by atoms with Crippen LogP contribution in [0.15, 0.2) is 107 Å². The zero-order chi connectivity index (χ0) is 35.8. The minimum absolute atomic E-state index is 0.0840. The Kier molecular flexibility index (Phi) is 12.0. The zero-order valence-corrected chi connectivity index (χ0v) is 29.9. The van der Waals surface area contributed by atoms with E-state index in [1.54, 1.807) is 45.5 Å². The largest absolute Gasteiger partial charge is 0.307 e. The molecule has 0 amide bonds. The van der Waals surface area contributed by atoms with Crippen molar-refractivity contribution in [1.29, 1.82) is 0 Å². The second-order valence-corrected chi connectivity index (χ2v) is 10.6. The second-order valence-electron chi connectivity index (χ2n) is 10.6. The Labute approximate surface area is 288 Å². The summed E-state index contributed by atoms with van der Waals surface area (Å²) in [6, 6.07) is 29.2. The van der Waals surface area contributed by atoms with Gasteiger partial charge in [0.25, 0.3) is 11.1 Å². The van der Waals surface area contributed by atoms with E-state index in [2.05, 4.69) is 0 Å². The van der Waals surface area contributed by atoms with Crippen molar-refractivity contribution in [1.82, 2.24) is 9.13 Å². The van der Waals surface area contributed by atoms with Gasteiger partial charge in [-0.3, -0.25) is 19.2 Å². The molecule has 2 heterocycles. The molecule has 6 nitrogen and oxygen atoms in total. The summed E-state index contributed by atoms with van der Waals surface area (Å²) < 4.78 is 3.37. The van der Waals surface area contributed by atoms with Gasteiger partial charge in [-0.2, -0.15) is 0 Å². The van der Waals surface area contributed by atoms with Gasteiger partial charge in [0.2, 0.25) is 0 Å². The van der Waals surface area contributed by atoms with Gasteiger partial charge in [0, 0.05) is 56.9 Å². The van der Waals surface area contributed by atoms with Crippen LogP contribution in [-0.4, -0.2) is 20.7 Å². The van der Waals surface area contributed by atoms with E-state index < -0.39 is 0 Å². The van der Waals surface area contributed by atoms with Crippen molar-refractivity contribution in [3.8, 4) is 22.5 Å². The lowest BCUT2D eigenvalue weighted by Crippen LogP contribution is -2.27. The minimum Gasteiger partial charge on any atom is -0.307 e. The Morgan fingerprint density at radius 2 is 0.673 bits per heavy atom. The quantitative estimate of drug-likeness (QED) is 0.189. The van der Waals surface area contributed by atoms with E-state index in [0.29, 0.717) is 74.7 Å². The first-order valence-electron chi connectivity index (χ1n) is 17.7. The fourth-order valence-corrected chi connectivity index (χ4v) is 6.67. The Morgan fingerprint density at radius 1 is 0.388 bits per heavy atom. The first-order chi connectivity index (χ1) is 24.1. The number of nitrogens with zero attached hydrogens (tertiary/aromatic N) is 2. The highest BCUT2D eigenvalue weighted by molar-refractivity contribution is 6.27. The number of aromatic nitrogens is 2. The highest BCUT2D eigenvalue weighted by Gasteiger charge is 2.34. The van der Waals surface area contributed by atoms with Crippen molar-refractivity contribution < 1.29 is 9.59 Å². The zero-order valence-electron chi connectivity index (χ0n) is 29.9. The molecule has 0 bridgehead atoms. The standard InChI is InChI=1S/C35H22N2O4.4C2H6/c38-32-24-14-5-3-12-22(24)30-28(32)20-10-1-7-16-26(20)34(40)36(30)18-9-19-37-31-23-13-4-6-15-25(23)33(39)29(31)21-11-2-8-17-27(21)35(37)41;4*1-2/h1-8,10-17H,9,18-19H2;4*1-2H3. The number of pyridine rings is 2. The molecule has 0 N–H and O–H groups in total. The number of hydrogen-bond acceptors (Lipinski definition) is 4. The maximum Gasteiger partial charge on any atom is 0.258 e. The molecule has 49 heavy (non-hydrogen) atoms. The van der Waals surface area contributed by atoms with Crippen molar-refractivity contribution in [2.75, 3.05) is 0 Å². The van der Waals surface area contributed by atoms with Crippen LogP contribution in [0.1, 0.15) is 93.7 Å². The summed E-state index contributed by atoms with van der Waals surface area (Å²) in [6.45, 7) is 16.6. The average Bonchev–Trinajstić information content (AvgIpc) is 3.65. The summed E-state index contributed by atoms with van der Waals surface area (Å²) in [5.74, 6) is -0.168. The van der Waals surface area contributed by atoms with Gasteiger partial charge in [-0.1, -0.05) is 140 Å². The molecule has 252 valence electrons. The number of carbonyl (C=O) groups is 2. The van der Waals surface area contributed by atoms with Crippen molar-refractivity contribution in [2.45, 2.75) is 74.9 Å². The van der Waals surface area contributed by atoms with Gasteiger partial charge in [-0.25, -0.2) is 0 Å². The molecule has 0 atom stereocenters. The molecule has 2 aromatic heterocycles. The van der Waals surface area contributed by atoms with Gasteiger partial charge in [0.15, 0.2) is 11.6 Å². The molecule has 0 aliphatic heterocycles. The smallest absolute Gasteiger partial charge is 0.258 e. The molecule has 0 saturated heterocycles. The maximum atomic E-state index is 13.8.